The maximum Gasteiger partial charge on any atom is 0.410 e. The molecule has 3 aliphatic rings. The molecule has 2 aliphatic carbocycles. The van der Waals surface area contributed by atoms with Gasteiger partial charge >= 0.3 is 18.2 Å². The number of amides is 2. The van der Waals surface area contributed by atoms with Crippen LogP contribution in [0.15, 0.2) is 48.5 Å². The molecule has 8 nitrogen and oxygen atoms in total. The Kier molecular flexibility index (Phi) is 7.80. The number of ether oxygens (including phenoxy) is 2. The summed E-state index contributed by atoms with van der Waals surface area (Å²) in [6.45, 7) is 5.67. The summed E-state index contributed by atoms with van der Waals surface area (Å²) in [5.74, 6) is -1.19. The molecule has 214 valence electrons. The van der Waals surface area contributed by atoms with Gasteiger partial charge in [0, 0.05) is 24.0 Å². The highest BCUT2D eigenvalue weighted by Crippen LogP contribution is 2.45. The summed E-state index contributed by atoms with van der Waals surface area (Å²) >= 11 is 0. The standard InChI is InChI=1S/C32H40N2O6/c1-31(2,3)40-30(38)34-18-15-22(19-32(34)16-9-4-10-17-32)33(20-28(35)36)29(37)39-21-27-25-13-7-5-11-23(25)24-12-6-8-14-26(24)27/h5-8,11-14,22,27H,4,9-10,15-21H2,1-3H3,(H,35,36). The highest BCUT2D eigenvalue weighted by Gasteiger charge is 2.48. The van der Waals surface area contributed by atoms with E-state index in [1.54, 1.807) is 0 Å². The van der Waals surface area contributed by atoms with E-state index in [1.165, 1.54) is 4.90 Å². The Labute approximate surface area is 236 Å². The molecule has 2 aromatic rings. The van der Waals surface area contributed by atoms with Crippen LogP contribution in [-0.4, -0.2) is 69.9 Å². The fourth-order valence-corrected chi connectivity index (χ4v) is 6.88. The number of rotatable bonds is 5. The number of carbonyl (C=O) groups is 3. The molecular formula is C32H40N2O6. The van der Waals surface area contributed by atoms with E-state index in [0.29, 0.717) is 19.4 Å². The van der Waals surface area contributed by atoms with Crippen molar-refractivity contribution in [2.24, 2.45) is 0 Å². The van der Waals surface area contributed by atoms with Gasteiger partial charge in [-0.15, -0.1) is 0 Å². The summed E-state index contributed by atoms with van der Waals surface area (Å²) in [6.07, 6.45) is 4.72. The highest BCUT2D eigenvalue weighted by molar-refractivity contribution is 5.80. The Morgan fingerprint density at radius 3 is 2.15 bits per heavy atom. The molecule has 1 saturated heterocycles. The zero-order chi connectivity index (χ0) is 28.5. The Hall–Kier alpha value is -3.55. The zero-order valence-corrected chi connectivity index (χ0v) is 23.7. The maximum absolute atomic E-state index is 13.6. The van der Waals surface area contributed by atoms with Crippen LogP contribution in [0.2, 0.25) is 0 Å². The summed E-state index contributed by atoms with van der Waals surface area (Å²) < 4.78 is 11.6. The molecule has 1 unspecified atom stereocenters. The zero-order valence-electron chi connectivity index (χ0n) is 23.7. The first kappa shape index (κ1) is 28.0. The molecule has 2 aromatic carbocycles. The van der Waals surface area contributed by atoms with Crippen LogP contribution >= 0.6 is 0 Å². The highest BCUT2D eigenvalue weighted by atomic mass is 16.6. The van der Waals surface area contributed by atoms with Crippen molar-refractivity contribution in [3.05, 3.63) is 59.7 Å². The molecule has 40 heavy (non-hydrogen) atoms. The predicted octanol–water partition coefficient (Wildman–Crippen LogP) is 6.42. The van der Waals surface area contributed by atoms with Crippen LogP contribution in [0, 0.1) is 0 Å². The van der Waals surface area contributed by atoms with Gasteiger partial charge in [-0.05, 0) is 68.7 Å². The summed E-state index contributed by atoms with van der Waals surface area (Å²) in [4.78, 5) is 41.9. The molecule has 2 fully saturated rings. The number of fused-ring (bicyclic) bond motifs is 3. The average Bonchev–Trinajstić information content (AvgIpc) is 3.23. The van der Waals surface area contributed by atoms with Crippen molar-refractivity contribution in [3.8, 4) is 11.1 Å². The van der Waals surface area contributed by atoms with E-state index >= 15 is 0 Å². The third-order valence-corrected chi connectivity index (χ3v) is 8.59. The van der Waals surface area contributed by atoms with Crippen molar-refractivity contribution >= 4 is 18.2 Å². The minimum absolute atomic E-state index is 0.110. The van der Waals surface area contributed by atoms with E-state index in [4.69, 9.17) is 9.47 Å². The molecule has 0 aromatic heterocycles. The van der Waals surface area contributed by atoms with Gasteiger partial charge in [0.05, 0.1) is 0 Å². The van der Waals surface area contributed by atoms with Gasteiger partial charge in [0.25, 0.3) is 0 Å². The fourth-order valence-electron chi connectivity index (χ4n) is 6.88. The molecule has 8 heteroatoms. The number of nitrogens with zero attached hydrogens (tertiary/aromatic N) is 2. The fraction of sp³-hybridized carbons (Fsp3) is 0.531. The van der Waals surface area contributed by atoms with Crippen LogP contribution in [0.25, 0.3) is 11.1 Å². The molecule has 5 rings (SSSR count). The molecule has 1 aliphatic heterocycles. The normalized spacial score (nSPS) is 20.0. The number of likely N-dealkylation sites (tertiary alicyclic amines) is 1. The van der Waals surface area contributed by atoms with E-state index in [1.807, 2.05) is 49.9 Å². The van der Waals surface area contributed by atoms with Crippen molar-refractivity contribution in [1.29, 1.82) is 0 Å². The van der Waals surface area contributed by atoms with Gasteiger partial charge in [-0.1, -0.05) is 67.8 Å². The number of piperidine rings is 1. The topological polar surface area (TPSA) is 96.4 Å². The summed E-state index contributed by atoms with van der Waals surface area (Å²) in [5, 5.41) is 9.74. The summed E-state index contributed by atoms with van der Waals surface area (Å²) in [6, 6.07) is 15.9. The van der Waals surface area contributed by atoms with Crippen LogP contribution in [0.5, 0.6) is 0 Å². The minimum Gasteiger partial charge on any atom is -0.480 e. The van der Waals surface area contributed by atoms with Crippen molar-refractivity contribution in [2.75, 3.05) is 19.7 Å². The molecule has 1 N–H and O–H groups in total. The van der Waals surface area contributed by atoms with Crippen LogP contribution in [0.1, 0.15) is 82.8 Å². The number of benzene rings is 2. The number of carbonyl (C=O) groups excluding carboxylic acids is 2. The van der Waals surface area contributed by atoms with Gasteiger partial charge in [0.2, 0.25) is 0 Å². The van der Waals surface area contributed by atoms with Gasteiger partial charge in [0.15, 0.2) is 0 Å². The predicted molar refractivity (Wildman–Crippen MR) is 151 cm³/mol. The van der Waals surface area contributed by atoms with E-state index in [-0.39, 0.29) is 24.7 Å². The minimum atomic E-state index is -1.08. The Balaban J connectivity index is 1.34. The monoisotopic (exact) mass is 548 g/mol. The quantitative estimate of drug-likeness (QED) is 0.463. The molecule has 1 heterocycles. The second kappa shape index (κ2) is 11.1. The van der Waals surface area contributed by atoms with Gasteiger partial charge in [0.1, 0.15) is 18.8 Å². The second-order valence-electron chi connectivity index (χ2n) is 12.4. The van der Waals surface area contributed by atoms with E-state index in [0.717, 1.165) is 54.4 Å². The SMILES string of the molecule is CC(C)(C)OC(=O)N1CCC(N(CC(=O)O)C(=O)OCC2c3ccccc3-c3ccccc32)CC12CCCCC2. The number of hydrogen-bond acceptors (Lipinski definition) is 5. The first-order valence-electron chi connectivity index (χ1n) is 14.4. The van der Waals surface area contributed by atoms with Crippen LogP contribution in [-0.2, 0) is 14.3 Å². The average molecular weight is 549 g/mol. The van der Waals surface area contributed by atoms with Crippen LogP contribution < -0.4 is 0 Å². The molecule has 1 atom stereocenters. The van der Waals surface area contributed by atoms with Crippen molar-refractivity contribution in [3.63, 3.8) is 0 Å². The molecule has 0 radical (unpaired) electrons. The molecular weight excluding hydrogens is 508 g/mol. The van der Waals surface area contributed by atoms with Crippen LogP contribution in [0.4, 0.5) is 9.59 Å². The van der Waals surface area contributed by atoms with Gasteiger partial charge in [-0.2, -0.15) is 0 Å². The number of aliphatic carboxylic acids is 1. The number of carboxylic acid groups (broad SMARTS) is 1. The molecule has 1 saturated carbocycles. The van der Waals surface area contributed by atoms with Gasteiger partial charge in [-0.3, -0.25) is 9.69 Å². The van der Waals surface area contributed by atoms with Crippen molar-refractivity contribution in [1.82, 2.24) is 9.80 Å². The van der Waals surface area contributed by atoms with Crippen molar-refractivity contribution < 1.29 is 29.0 Å². The number of carboxylic acids is 1. The van der Waals surface area contributed by atoms with Gasteiger partial charge in [-0.25, -0.2) is 9.59 Å². The summed E-state index contributed by atoms with van der Waals surface area (Å²) in [7, 11) is 0. The second-order valence-corrected chi connectivity index (χ2v) is 12.4. The van der Waals surface area contributed by atoms with Gasteiger partial charge < -0.3 is 19.5 Å². The van der Waals surface area contributed by atoms with E-state index in [9.17, 15) is 19.5 Å². The Bertz CT molecular complexity index is 1220. The summed E-state index contributed by atoms with van der Waals surface area (Å²) in [5.41, 5.74) is 3.41. The van der Waals surface area contributed by atoms with E-state index in [2.05, 4.69) is 24.3 Å². The Morgan fingerprint density at radius 2 is 1.57 bits per heavy atom. The molecule has 1 spiro atoms. The first-order valence-corrected chi connectivity index (χ1v) is 14.4. The lowest BCUT2D eigenvalue weighted by molar-refractivity contribution is -0.139. The van der Waals surface area contributed by atoms with Crippen LogP contribution in [0.3, 0.4) is 0 Å². The third kappa shape index (κ3) is 5.67. The largest absolute Gasteiger partial charge is 0.480 e. The smallest absolute Gasteiger partial charge is 0.410 e. The first-order chi connectivity index (χ1) is 19.1. The molecule has 2 amide bonds. The Morgan fingerprint density at radius 1 is 0.975 bits per heavy atom. The molecule has 0 bridgehead atoms. The van der Waals surface area contributed by atoms with Crippen molar-refractivity contribution in [2.45, 2.75) is 88.8 Å². The lowest BCUT2D eigenvalue weighted by Crippen LogP contribution is -2.62. The lowest BCUT2D eigenvalue weighted by Gasteiger charge is -2.52. The number of hydrogen-bond donors (Lipinski definition) is 1. The lowest BCUT2D eigenvalue weighted by atomic mass is 9.73. The van der Waals surface area contributed by atoms with E-state index < -0.39 is 29.7 Å². The maximum atomic E-state index is 13.6. The third-order valence-electron chi connectivity index (χ3n) is 8.59.